The van der Waals surface area contributed by atoms with Gasteiger partial charge in [0.2, 0.25) is 0 Å². The van der Waals surface area contributed by atoms with E-state index in [1.165, 1.54) is 11.6 Å². The topological polar surface area (TPSA) is 71.8 Å². The zero-order valence-electron chi connectivity index (χ0n) is 8.26. The Kier molecular flexibility index (Phi) is 5.26. The molecular formula is C8H22N5+. The Hall–Kier alpha value is -0.200. The van der Waals surface area contributed by atoms with E-state index in [1.54, 1.807) is 0 Å². The van der Waals surface area contributed by atoms with E-state index in [0.717, 1.165) is 45.8 Å². The Morgan fingerprint density at radius 2 is 1.77 bits per heavy atom. The summed E-state index contributed by atoms with van der Waals surface area (Å²) >= 11 is 0. The van der Waals surface area contributed by atoms with Crippen LogP contribution in [0.15, 0.2) is 0 Å². The molecule has 0 aliphatic carbocycles. The maximum atomic E-state index is 5.51. The largest absolute Gasteiger partial charge is 0.329 e. The Labute approximate surface area is 80.0 Å². The molecule has 6 N–H and O–H groups in total. The quantitative estimate of drug-likeness (QED) is 0.336. The highest BCUT2D eigenvalue weighted by Gasteiger charge is 2.17. The molecule has 0 radical (unpaired) electrons. The third-order valence-corrected chi connectivity index (χ3v) is 2.42. The van der Waals surface area contributed by atoms with Crippen molar-refractivity contribution in [3.05, 3.63) is 0 Å². The molecule has 5 nitrogen and oxygen atoms in total. The molecule has 1 heterocycles. The van der Waals surface area contributed by atoms with Gasteiger partial charge in [0.25, 0.3) is 0 Å². The summed E-state index contributed by atoms with van der Waals surface area (Å²) < 4.78 is 0. The molecule has 1 unspecified atom stereocenters. The van der Waals surface area contributed by atoms with E-state index in [9.17, 15) is 0 Å². The van der Waals surface area contributed by atoms with Gasteiger partial charge in [0.05, 0.1) is 6.54 Å². The van der Waals surface area contributed by atoms with Crippen LogP contribution < -0.4 is 21.9 Å². The summed E-state index contributed by atoms with van der Waals surface area (Å²) in [5, 5.41) is 1.49. The maximum Gasteiger partial charge on any atom is 0.112 e. The van der Waals surface area contributed by atoms with Crippen LogP contribution in [0.5, 0.6) is 0 Å². The minimum Gasteiger partial charge on any atom is -0.329 e. The molecular weight excluding hydrogens is 166 g/mol. The van der Waals surface area contributed by atoms with Crippen molar-refractivity contribution < 1.29 is 5.01 Å². The molecule has 78 valence electrons. The van der Waals surface area contributed by atoms with Gasteiger partial charge in [0, 0.05) is 32.7 Å². The third-order valence-electron chi connectivity index (χ3n) is 2.42. The van der Waals surface area contributed by atoms with Crippen molar-refractivity contribution in [2.24, 2.45) is 11.5 Å². The van der Waals surface area contributed by atoms with E-state index in [2.05, 4.69) is 10.3 Å². The van der Waals surface area contributed by atoms with Crippen molar-refractivity contribution in [1.82, 2.24) is 10.3 Å². The monoisotopic (exact) mass is 188 g/mol. The first-order chi connectivity index (χ1) is 6.36. The van der Waals surface area contributed by atoms with Gasteiger partial charge in [-0.15, -0.1) is 0 Å². The minimum atomic E-state index is 0.725. The SMILES string of the molecule is NCCN(CCN)CC[NH+]1CCN1. The van der Waals surface area contributed by atoms with Gasteiger partial charge in [-0.1, -0.05) is 0 Å². The summed E-state index contributed by atoms with van der Waals surface area (Å²) in [6.45, 7) is 8.03. The number of nitrogens with two attached hydrogens (primary N) is 2. The molecule has 0 bridgehead atoms. The van der Waals surface area contributed by atoms with Crippen LogP contribution in [0.25, 0.3) is 0 Å². The van der Waals surface area contributed by atoms with Gasteiger partial charge in [-0.3, -0.25) is 9.91 Å². The second kappa shape index (κ2) is 6.28. The number of hydrogen-bond donors (Lipinski definition) is 4. The van der Waals surface area contributed by atoms with Gasteiger partial charge in [-0.05, 0) is 0 Å². The van der Waals surface area contributed by atoms with Gasteiger partial charge in [0.1, 0.15) is 13.1 Å². The van der Waals surface area contributed by atoms with Gasteiger partial charge in [0.15, 0.2) is 0 Å². The number of hydrogen-bond acceptors (Lipinski definition) is 4. The minimum absolute atomic E-state index is 0.725. The van der Waals surface area contributed by atoms with E-state index in [4.69, 9.17) is 11.5 Å². The van der Waals surface area contributed by atoms with Crippen molar-refractivity contribution in [2.75, 3.05) is 52.4 Å². The average Bonchev–Trinajstić information content (AvgIpc) is 2.02. The van der Waals surface area contributed by atoms with Gasteiger partial charge in [-0.25, -0.2) is 0 Å². The van der Waals surface area contributed by atoms with Crippen molar-refractivity contribution in [3.8, 4) is 0 Å². The van der Waals surface area contributed by atoms with E-state index in [-0.39, 0.29) is 0 Å². The molecule has 1 fully saturated rings. The first kappa shape index (κ1) is 10.9. The summed E-state index contributed by atoms with van der Waals surface area (Å²) in [5.74, 6) is 0. The van der Waals surface area contributed by atoms with Crippen LogP contribution in [0.2, 0.25) is 0 Å². The molecule has 0 aromatic carbocycles. The lowest BCUT2D eigenvalue weighted by molar-refractivity contribution is -0.983. The summed E-state index contributed by atoms with van der Waals surface area (Å²) in [6, 6.07) is 0. The lowest BCUT2D eigenvalue weighted by Crippen LogP contribution is -3.26. The van der Waals surface area contributed by atoms with Crippen molar-refractivity contribution in [2.45, 2.75) is 0 Å². The molecule has 0 saturated carbocycles. The smallest absolute Gasteiger partial charge is 0.112 e. The molecule has 1 aliphatic rings. The first-order valence-corrected chi connectivity index (χ1v) is 5.08. The Bertz CT molecular complexity index is 120. The van der Waals surface area contributed by atoms with Gasteiger partial charge < -0.3 is 11.5 Å². The highest BCUT2D eigenvalue weighted by molar-refractivity contribution is 4.58. The fourth-order valence-corrected chi connectivity index (χ4v) is 1.51. The summed E-state index contributed by atoms with van der Waals surface area (Å²) in [6.07, 6.45) is 0. The lowest BCUT2D eigenvalue weighted by atomic mass is 10.4. The van der Waals surface area contributed by atoms with Crippen LogP contribution in [-0.4, -0.2) is 57.3 Å². The van der Waals surface area contributed by atoms with Gasteiger partial charge in [-0.2, -0.15) is 5.43 Å². The molecule has 13 heavy (non-hydrogen) atoms. The highest BCUT2D eigenvalue weighted by atomic mass is 15.6. The summed E-state index contributed by atoms with van der Waals surface area (Å²) in [7, 11) is 0. The van der Waals surface area contributed by atoms with E-state index in [0.29, 0.717) is 0 Å². The molecule has 0 spiro atoms. The molecule has 5 heteroatoms. The Balaban J connectivity index is 2.05. The lowest BCUT2D eigenvalue weighted by Gasteiger charge is -2.30. The summed E-state index contributed by atoms with van der Waals surface area (Å²) in [5.41, 5.74) is 14.3. The van der Waals surface area contributed by atoms with Crippen LogP contribution in [0.4, 0.5) is 0 Å². The zero-order chi connectivity index (χ0) is 9.52. The zero-order valence-corrected chi connectivity index (χ0v) is 8.26. The molecule has 1 atom stereocenters. The normalized spacial score (nSPS) is 21.9. The molecule has 0 aromatic rings. The van der Waals surface area contributed by atoms with Crippen LogP contribution in [0.3, 0.4) is 0 Å². The second-order valence-electron chi connectivity index (χ2n) is 3.45. The number of nitrogens with one attached hydrogen (secondary N) is 2. The maximum absolute atomic E-state index is 5.51. The van der Waals surface area contributed by atoms with Crippen LogP contribution in [0.1, 0.15) is 0 Å². The standard InChI is InChI=1S/C8H21N5/c9-1-4-12(5-2-10)7-8-13-6-3-11-13/h11H,1-10H2/p+1. The first-order valence-electron chi connectivity index (χ1n) is 5.08. The number of rotatable bonds is 7. The number of nitrogens with zero attached hydrogens (tertiary/aromatic N) is 1. The Morgan fingerprint density at radius 3 is 2.15 bits per heavy atom. The van der Waals surface area contributed by atoms with Crippen molar-refractivity contribution in [1.29, 1.82) is 0 Å². The predicted octanol–water partition coefficient (Wildman–Crippen LogP) is -3.39. The highest BCUT2D eigenvalue weighted by Crippen LogP contribution is 1.82. The second-order valence-corrected chi connectivity index (χ2v) is 3.45. The third kappa shape index (κ3) is 4.02. The molecule has 0 aromatic heterocycles. The van der Waals surface area contributed by atoms with Crippen LogP contribution >= 0.6 is 0 Å². The van der Waals surface area contributed by atoms with Crippen molar-refractivity contribution >= 4 is 0 Å². The van der Waals surface area contributed by atoms with Gasteiger partial charge >= 0.3 is 0 Å². The Morgan fingerprint density at radius 1 is 1.15 bits per heavy atom. The summed E-state index contributed by atoms with van der Waals surface area (Å²) in [4.78, 5) is 2.33. The van der Waals surface area contributed by atoms with E-state index >= 15 is 0 Å². The molecule has 1 aliphatic heterocycles. The molecule has 0 amide bonds. The van der Waals surface area contributed by atoms with Crippen LogP contribution in [-0.2, 0) is 0 Å². The van der Waals surface area contributed by atoms with E-state index < -0.39 is 0 Å². The predicted molar refractivity (Wildman–Crippen MR) is 53.2 cm³/mol. The van der Waals surface area contributed by atoms with Crippen LogP contribution in [0, 0.1) is 0 Å². The molecule has 1 saturated heterocycles. The number of quaternary nitrogens is 1. The van der Waals surface area contributed by atoms with E-state index in [1.807, 2.05) is 0 Å². The fraction of sp³-hybridized carbons (Fsp3) is 1.00. The van der Waals surface area contributed by atoms with Crippen molar-refractivity contribution in [3.63, 3.8) is 0 Å². The molecule has 1 rings (SSSR count). The fourth-order valence-electron chi connectivity index (χ4n) is 1.51. The average molecular weight is 188 g/mol.